The molecule has 32 heavy (non-hydrogen) atoms. The lowest BCUT2D eigenvalue weighted by molar-refractivity contribution is -0.137. The molecule has 1 aliphatic rings. The minimum atomic E-state index is -3.43. The third-order valence-corrected chi connectivity index (χ3v) is 8.91. The molecule has 1 N–H and O–H groups in total. The lowest BCUT2D eigenvalue weighted by Gasteiger charge is -2.31. The molecular weight excluding hydrogens is 472 g/mol. The van der Waals surface area contributed by atoms with Crippen LogP contribution in [0.4, 0.5) is 5.13 Å². The number of piperidine rings is 1. The third-order valence-electron chi connectivity index (χ3n) is 5.04. The van der Waals surface area contributed by atoms with Gasteiger partial charge in [-0.05, 0) is 31.2 Å². The smallest absolute Gasteiger partial charge is 0.316 e. The largest absolute Gasteiger partial charge is 0.468 e. The van der Waals surface area contributed by atoms with Crippen molar-refractivity contribution in [3.05, 3.63) is 35.9 Å². The van der Waals surface area contributed by atoms with Crippen LogP contribution in [0.2, 0.25) is 0 Å². The summed E-state index contributed by atoms with van der Waals surface area (Å²) >= 11 is 2.34. The summed E-state index contributed by atoms with van der Waals surface area (Å²) in [6, 6.07) is 9.79. The van der Waals surface area contributed by atoms with Gasteiger partial charge in [-0.2, -0.15) is 0 Å². The Morgan fingerprint density at radius 3 is 2.81 bits per heavy atom. The van der Waals surface area contributed by atoms with Crippen molar-refractivity contribution in [1.29, 1.82) is 0 Å². The number of thioether (sulfide) groups is 1. The number of esters is 1. The molecule has 2 heterocycles. The van der Waals surface area contributed by atoms with Crippen molar-refractivity contribution >= 4 is 50.1 Å². The number of nitrogens with zero attached hydrogens (tertiary/aromatic N) is 3. The lowest BCUT2D eigenvalue weighted by atomic mass is 9.99. The number of aryl methyl sites for hydroxylation is 1. The van der Waals surface area contributed by atoms with Crippen molar-refractivity contribution in [3.8, 4) is 0 Å². The number of aromatic nitrogens is 2. The topological polar surface area (TPSA) is 119 Å². The van der Waals surface area contributed by atoms with Crippen LogP contribution in [0.15, 0.2) is 34.7 Å². The van der Waals surface area contributed by atoms with Crippen molar-refractivity contribution in [2.45, 2.75) is 30.0 Å². The first-order valence-corrected chi connectivity index (χ1v) is 13.6. The first kappa shape index (κ1) is 24.6. The highest BCUT2D eigenvalue weighted by Gasteiger charge is 2.32. The molecule has 0 radical (unpaired) electrons. The number of carbonyl (C=O) groups is 2. The number of nitrogens with one attached hydrogen (secondary N) is 1. The number of sulfonamides is 1. The van der Waals surface area contributed by atoms with E-state index in [0.29, 0.717) is 41.7 Å². The van der Waals surface area contributed by atoms with Gasteiger partial charge in [0, 0.05) is 13.1 Å². The first-order valence-electron chi connectivity index (χ1n) is 10.2. The summed E-state index contributed by atoms with van der Waals surface area (Å²) in [6.45, 7) is 0.604. The van der Waals surface area contributed by atoms with Gasteiger partial charge in [0.25, 0.3) is 0 Å². The highest BCUT2D eigenvalue weighted by molar-refractivity contribution is 8.01. The van der Waals surface area contributed by atoms with E-state index in [1.54, 1.807) is 0 Å². The SMILES string of the molecule is COC(=O)CSc1nnc(NC(=O)[C@@H]2CCCN(S(=O)(=O)CCCc3ccccc3)C2)s1. The van der Waals surface area contributed by atoms with Gasteiger partial charge in [0.15, 0.2) is 4.34 Å². The second-order valence-corrected chi connectivity index (χ2v) is 11.6. The summed E-state index contributed by atoms with van der Waals surface area (Å²) in [5, 5.41) is 10.9. The zero-order valence-electron chi connectivity index (χ0n) is 17.7. The summed E-state index contributed by atoms with van der Waals surface area (Å²) in [7, 11) is -2.11. The Morgan fingerprint density at radius 1 is 1.28 bits per heavy atom. The molecule has 12 heteroatoms. The lowest BCUT2D eigenvalue weighted by Crippen LogP contribution is -2.44. The average molecular weight is 499 g/mol. The number of ether oxygens (including phenoxy) is 1. The molecule has 1 saturated heterocycles. The Balaban J connectivity index is 1.49. The molecule has 0 saturated carbocycles. The van der Waals surface area contributed by atoms with Crippen LogP contribution in [0.1, 0.15) is 24.8 Å². The number of amides is 1. The van der Waals surface area contributed by atoms with E-state index in [4.69, 9.17) is 0 Å². The quantitative estimate of drug-likeness (QED) is 0.301. The summed E-state index contributed by atoms with van der Waals surface area (Å²) < 4.78 is 32.1. The van der Waals surface area contributed by atoms with Crippen LogP contribution in [-0.2, 0) is 30.8 Å². The molecule has 1 aromatic heterocycles. The highest BCUT2D eigenvalue weighted by Crippen LogP contribution is 2.27. The minimum Gasteiger partial charge on any atom is -0.468 e. The summed E-state index contributed by atoms with van der Waals surface area (Å²) in [5.74, 6) is -0.910. The van der Waals surface area contributed by atoms with Gasteiger partial charge in [-0.1, -0.05) is 53.4 Å². The van der Waals surface area contributed by atoms with Gasteiger partial charge in [-0.25, -0.2) is 12.7 Å². The highest BCUT2D eigenvalue weighted by atomic mass is 32.2. The summed E-state index contributed by atoms with van der Waals surface area (Å²) in [6.07, 6.45) is 2.48. The van der Waals surface area contributed by atoms with Crippen LogP contribution < -0.4 is 5.32 Å². The second kappa shape index (κ2) is 11.7. The normalized spacial score (nSPS) is 17.1. The van der Waals surface area contributed by atoms with Gasteiger partial charge in [0.2, 0.25) is 21.1 Å². The standard InChI is InChI=1S/C20H26N4O5S3/c1-29-17(25)14-30-20-23-22-19(31-20)21-18(26)16-10-5-11-24(13-16)32(27,28)12-6-9-15-7-3-2-4-8-15/h2-4,7-8,16H,5-6,9-14H2,1H3,(H,21,22,26)/t16-/m1/s1. The fourth-order valence-electron chi connectivity index (χ4n) is 3.35. The molecule has 2 aromatic rings. The summed E-state index contributed by atoms with van der Waals surface area (Å²) in [5.41, 5.74) is 1.11. The number of carbonyl (C=O) groups excluding carboxylic acids is 2. The molecule has 0 unspecified atom stereocenters. The Labute approximate surface area is 196 Å². The first-order chi connectivity index (χ1) is 15.4. The molecule has 0 aliphatic carbocycles. The van der Waals surface area contributed by atoms with E-state index < -0.39 is 15.9 Å². The number of benzene rings is 1. The van der Waals surface area contributed by atoms with E-state index in [0.717, 1.165) is 16.9 Å². The van der Waals surface area contributed by atoms with Crippen LogP contribution >= 0.6 is 23.1 Å². The maximum atomic E-state index is 12.8. The number of anilines is 1. The molecule has 1 amide bonds. The molecule has 1 atom stereocenters. The fraction of sp³-hybridized carbons (Fsp3) is 0.500. The Morgan fingerprint density at radius 2 is 2.06 bits per heavy atom. The third kappa shape index (κ3) is 7.26. The van der Waals surface area contributed by atoms with Crippen molar-refractivity contribution in [3.63, 3.8) is 0 Å². The molecule has 1 aliphatic heterocycles. The van der Waals surface area contributed by atoms with Crippen LogP contribution in [0.5, 0.6) is 0 Å². The van der Waals surface area contributed by atoms with Crippen LogP contribution in [-0.4, -0.2) is 66.5 Å². The molecule has 174 valence electrons. The molecule has 9 nitrogen and oxygen atoms in total. The number of hydrogen-bond donors (Lipinski definition) is 1. The van der Waals surface area contributed by atoms with Crippen molar-refractivity contribution in [1.82, 2.24) is 14.5 Å². The van der Waals surface area contributed by atoms with E-state index in [-0.39, 0.29) is 29.9 Å². The maximum absolute atomic E-state index is 12.8. The maximum Gasteiger partial charge on any atom is 0.316 e. The molecule has 1 fully saturated rings. The monoisotopic (exact) mass is 498 g/mol. The number of hydrogen-bond acceptors (Lipinski definition) is 9. The van der Waals surface area contributed by atoms with E-state index >= 15 is 0 Å². The van der Waals surface area contributed by atoms with E-state index in [1.165, 1.54) is 23.2 Å². The van der Waals surface area contributed by atoms with Crippen LogP contribution in [0, 0.1) is 5.92 Å². The van der Waals surface area contributed by atoms with Gasteiger partial charge in [-0.3, -0.25) is 9.59 Å². The number of methoxy groups -OCH3 is 1. The van der Waals surface area contributed by atoms with Gasteiger partial charge in [0.1, 0.15) is 0 Å². The molecule has 3 rings (SSSR count). The predicted molar refractivity (Wildman–Crippen MR) is 124 cm³/mol. The molecular formula is C20H26N4O5S3. The Hall–Kier alpha value is -2.02. The Kier molecular flexibility index (Phi) is 9.02. The second-order valence-electron chi connectivity index (χ2n) is 7.33. The van der Waals surface area contributed by atoms with Gasteiger partial charge < -0.3 is 10.1 Å². The molecule has 0 bridgehead atoms. The zero-order chi connectivity index (χ0) is 23.0. The van der Waals surface area contributed by atoms with Gasteiger partial charge in [0.05, 0.1) is 24.5 Å². The van der Waals surface area contributed by atoms with E-state index in [1.807, 2.05) is 30.3 Å². The Bertz CT molecular complexity index is 1010. The van der Waals surface area contributed by atoms with Crippen molar-refractivity contribution in [2.24, 2.45) is 5.92 Å². The van der Waals surface area contributed by atoms with Gasteiger partial charge in [-0.15, -0.1) is 10.2 Å². The number of rotatable bonds is 10. The zero-order valence-corrected chi connectivity index (χ0v) is 20.2. The van der Waals surface area contributed by atoms with Crippen LogP contribution in [0.25, 0.3) is 0 Å². The van der Waals surface area contributed by atoms with Crippen LogP contribution in [0.3, 0.4) is 0 Å². The molecule has 1 aromatic carbocycles. The van der Waals surface area contributed by atoms with Crippen molar-refractivity contribution < 1.29 is 22.7 Å². The van der Waals surface area contributed by atoms with E-state index in [2.05, 4.69) is 20.3 Å². The predicted octanol–water partition coefficient (Wildman–Crippen LogP) is 2.42. The van der Waals surface area contributed by atoms with Gasteiger partial charge >= 0.3 is 5.97 Å². The molecule has 0 spiro atoms. The summed E-state index contributed by atoms with van der Waals surface area (Å²) in [4.78, 5) is 23.9. The average Bonchev–Trinajstić information content (AvgIpc) is 3.25. The fourth-order valence-corrected chi connectivity index (χ4v) is 6.52. The van der Waals surface area contributed by atoms with E-state index in [9.17, 15) is 18.0 Å². The van der Waals surface area contributed by atoms with Crippen molar-refractivity contribution in [2.75, 3.05) is 37.0 Å². The minimum absolute atomic E-state index is 0.0629.